The van der Waals surface area contributed by atoms with Crippen molar-refractivity contribution in [1.29, 1.82) is 0 Å². The number of aliphatic imine (C=N–C) groups is 1. The van der Waals surface area contributed by atoms with Crippen molar-refractivity contribution in [3.05, 3.63) is 0 Å². The van der Waals surface area contributed by atoms with Crippen molar-refractivity contribution in [3.8, 4) is 0 Å². The van der Waals surface area contributed by atoms with E-state index in [0.717, 1.165) is 32.0 Å². The number of carbonyl (C=O) groups is 1. The van der Waals surface area contributed by atoms with Crippen LogP contribution in [0.1, 0.15) is 26.2 Å². The van der Waals surface area contributed by atoms with Crippen LogP contribution >= 0.6 is 24.0 Å². The Morgan fingerprint density at radius 3 is 2.78 bits per heavy atom. The standard InChI is InChI=1S/C15H30N4O3.HI/c1-4-16-15(18-9-6-14(20)19(2)3)17-8-5-10-22-13-7-11-21-12-13;/h13H,4-12H2,1-3H3,(H2,16,17,18);1H. The van der Waals surface area contributed by atoms with Crippen molar-refractivity contribution >= 4 is 35.8 Å². The van der Waals surface area contributed by atoms with E-state index in [4.69, 9.17) is 9.47 Å². The Morgan fingerprint density at radius 1 is 1.39 bits per heavy atom. The Labute approximate surface area is 156 Å². The van der Waals surface area contributed by atoms with E-state index in [1.165, 1.54) is 0 Å². The highest BCUT2D eigenvalue weighted by molar-refractivity contribution is 14.0. The van der Waals surface area contributed by atoms with E-state index in [9.17, 15) is 4.79 Å². The number of ether oxygens (including phenoxy) is 2. The Morgan fingerprint density at radius 2 is 2.17 bits per heavy atom. The summed E-state index contributed by atoms with van der Waals surface area (Å²) in [5.41, 5.74) is 0. The number of rotatable bonds is 9. The van der Waals surface area contributed by atoms with E-state index in [-0.39, 0.29) is 36.0 Å². The second kappa shape index (κ2) is 13.8. The van der Waals surface area contributed by atoms with Crippen molar-refractivity contribution in [2.24, 2.45) is 4.99 Å². The van der Waals surface area contributed by atoms with Gasteiger partial charge in [0.25, 0.3) is 0 Å². The molecule has 1 heterocycles. The van der Waals surface area contributed by atoms with Crippen LogP contribution in [0.3, 0.4) is 0 Å². The molecule has 8 heteroatoms. The lowest BCUT2D eigenvalue weighted by atomic mass is 10.3. The van der Waals surface area contributed by atoms with Gasteiger partial charge in [0.15, 0.2) is 5.96 Å². The molecule has 0 aromatic heterocycles. The summed E-state index contributed by atoms with van der Waals surface area (Å²) in [6.07, 6.45) is 2.59. The average Bonchev–Trinajstić information content (AvgIpc) is 2.99. The maximum atomic E-state index is 11.5. The zero-order valence-electron chi connectivity index (χ0n) is 14.5. The van der Waals surface area contributed by atoms with Gasteiger partial charge in [-0.2, -0.15) is 0 Å². The molecule has 0 bridgehead atoms. The molecule has 1 aliphatic rings. The molecular formula is C15H31IN4O3. The van der Waals surface area contributed by atoms with Gasteiger partial charge in [0.1, 0.15) is 0 Å². The highest BCUT2D eigenvalue weighted by Gasteiger charge is 2.15. The SMILES string of the molecule is CCNC(=NCCCOC1CCOC1)NCCC(=O)N(C)C.I. The smallest absolute Gasteiger partial charge is 0.223 e. The summed E-state index contributed by atoms with van der Waals surface area (Å²) in [4.78, 5) is 17.6. The minimum atomic E-state index is 0. The van der Waals surface area contributed by atoms with E-state index in [1.54, 1.807) is 19.0 Å². The van der Waals surface area contributed by atoms with E-state index in [0.29, 0.717) is 32.7 Å². The van der Waals surface area contributed by atoms with Crippen LogP contribution < -0.4 is 10.6 Å². The third kappa shape index (κ3) is 10.7. The third-order valence-electron chi connectivity index (χ3n) is 3.29. The molecule has 1 aliphatic heterocycles. The second-order valence-corrected chi connectivity index (χ2v) is 5.44. The normalized spacial score (nSPS) is 17.5. The summed E-state index contributed by atoms with van der Waals surface area (Å²) in [5, 5.41) is 6.34. The average molecular weight is 442 g/mol. The molecule has 1 fully saturated rings. The van der Waals surface area contributed by atoms with Crippen LogP contribution in [0.15, 0.2) is 4.99 Å². The fraction of sp³-hybridized carbons (Fsp3) is 0.867. The molecule has 7 nitrogen and oxygen atoms in total. The molecule has 0 spiro atoms. The largest absolute Gasteiger partial charge is 0.379 e. The first-order valence-corrected chi connectivity index (χ1v) is 8.05. The summed E-state index contributed by atoms with van der Waals surface area (Å²) in [6.45, 7) is 6.32. The highest BCUT2D eigenvalue weighted by atomic mass is 127. The van der Waals surface area contributed by atoms with Gasteiger partial charge in [-0.05, 0) is 19.8 Å². The predicted molar refractivity (Wildman–Crippen MR) is 103 cm³/mol. The summed E-state index contributed by atoms with van der Waals surface area (Å²) >= 11 is 0. The minimum absolute atomic E-state index is 0. The van der Waals surface area contributed by atoms with Crippen LogP contribution in [0.4, 0.5) is 0 Å². The Kier molecular flexibility index (Phi) is 13.4. The quantitative estimate of drug-likeness (QED) is 0.240. The molecule has 136 valence electrons. The zero-order valence-corrected chi connectivity index (χ0v) is 16.8. The minimum Gasteiger partial charge on any atom is -0.379 e. The fourth-order valence-corrected chi connectivity index (χ4v) is 2.00. The molecule has 2 N–H and O–H groups in total. The summed E-state index contributed by atoms with van der Waals surface area (Å²) in [6, 6.07) is 0. The number of nitrogens with zero attached hydrogens (tertiary/aromatic N) is 2. The first-order chi connectivity index (χ1) is 10.6. The molecule has 0 saturated carbocycles. The van der Waals surface area contributed by atoms with Gasteiger partial charge in [0, 0.05) is 53.4 Å². The lowest BCUT2D eigenvalue weighted by Gasteiger charge is -2.13. The number of hydrogen-bond donors (Lipinski definition) is 2. The van der Waals surface area contributed by atoms with Crippen molar-refractivity contribution in [3.63, 3.8) is 0 Å². The molecule has 1 amide bonds. The van der Waals surface area contributed by atoms with Crippen LogP contribution in [0.2, 0.25) is 0 Å². The second-order valence-electron chi connectivity index (χ2n) is 5.44. The molecule has 0 aliphatic carbocycles. The number of guanidine groups is 1. The molecule has 1 saturated heterocycles. The van der Waals surface area contributed by atoms with Crippen molar-refractivity contribution < 1.29 is 14.3 Å². The van der Waals surface area contributed by atoms with Crippen LogP contribution in [0.25, 0.3) is 0 Å². The van der Waals surface area contributed by atoms with Gasteiger partial charge in [-0.15, -0.1) is 24.0 Å². The Hall–Kier alpha value is -0.610. The van der Waals surface area contributed by atoms with E-state index >= 15 is 0 Å². The van der Waals surface area contributed by atoms with Crippen LogP contribution in [0.5, 0.6) is 0 Å². The molecule has 23 heavy (non-hydrogen) atoms. The Balaban J connectivity index is 0.00000484. The van der Waals surface area contributed by atoms with Crippen molar-refractivity contribution in [1.82, 2.24) is 15.5 Å². The summed E-state index contributed by atoms with van der Waals surface area (Å²) < 4.78 is 11.0. The van der Waals surface area contributed by atoms with Crippen LogP contribution in [0, 0.1) is 0 Å². The lowest BCUT2D eigenvalue weighted by Crippen LogP contribution is -2.39. The molecule has 0 radical (unpaired) electrons. The van der Waals surface area contributed by atoms with Gasteiger partial charge in [-0.3, -0.25) is 9.79 Å². The third-order valence-corrected chi connectivity index (χ3v) is 3.29. The molecule has 0 aromatic carbocycles. The Bertz CT molecular complexity index is 348. The van der Waals surface area contributed by atoms with Crippen molar-refractivity contribution in [2.45, 2.75) is 32.3 Å². The van der Waals surface area contributed by atoms with E-state index < -0.39 is 0 Å². The number of amides is 1. The van der Waals surface area contributed by atoms with E-state index in [2.05, 4.69) is 15.6 Å². The molecule has 1 rings (SSSR count). The van der Waals surface area contributed by atoms with Gasteiger partial charge >= 0.3 is 0 Å². The number of nitrogens with one attached hydrogen (secondary N) is 2. The number of carbonyl (C=O) groups excluding carboxylic acids is 1. The zero-order chi connectivity index (χ0) is 16.2. The maximum Gasteiger partial charge on any atom is 0.223 e. The predicted octanol–water partition coefficient (Wildman–Crippen LogP) is 0.833. The number of hydrogen-bond acceptors (Lipinski definition) is 4. The number of halogens is 1. The van der Waals surface area contributed by atoms with Crippen LogP contribution in [-0.2, 0) is 14.3 Å². The molecule has 1 atom stereocenters. The van der Waals surface area contributed by atoms with Gasteiger partial charge in [-0.25, -0.2) is 0 Å². The van der Waals surface area contributed by atoms with Gasteiger partial charge < -0.3 is 25.0 Å². The van der Waals surface area contributed by atoms with Crippen molar-refractivity contribution in [2.75, 3.05) is 53.6 Å². The van der Waals surface area contributed by atoms with E-state index in [1.807, 2.05) is 6.92 Å². The first-order valence-electron chi connectivity index (χ1n) is 8.05. The molecule has 0 aromatic rings. The maximum absolute atomic E-state index is 11.5. The molecular weight excluding hydrogens is 411 g/mol. The topological polar surface area (TPSA) is 75.2 Å². The van der Waals surface area contributed by atoms with Crippen LogP contribution in [-0.4, -0.2) is 76.4 Å². The first kappa shape index (κ1) is 22.4. The van der Waals surface area contributed by atoms with Gasteiger partial charge in [-0.1, -0.05) is 0 Å². The van der Waals surface area contributed by atoms with Gasteiger partial charge in [0.05, 0.1) is 12.7 Å². The molecule has 1 unspecified atom stereocenters. The monoisotopic (exact) mass is 442 g/mol. The highest BCUT2D eigenvalue weighted by Crippen LogP contribution is 2.07. The summed E-state index contributed by atoms with van der Waals surface area (Å²) in [5.74, 6) is 0.855. The lowest BCUT2D eigenvalue weighted by molar-refractivity contribution is -0.128. The summed E-state index contributed by atoms with van der Waals surface area (Å²) in [7, 11) is 3.52. The van der Waals surface area contributed by atoms with Gasteiger partial charge in [0.2, 0.25) is 5.91 Å². The fourth-order valence-electron chi connectivity index (χ4n) is 2.00.